The molecule has 0 amide bonds. The molecule has 0 saturated heterocycles. The second-order valence-electron chi connectivity index (χ2n) is 4.77. The minimum Gasteiger partial charge on any atom is -0.362 e. The molecule has 1 aliphatic heterocycles. The van der Waals surface area contributed by atoms with Crippen molar-refractivity contribution in [1.82, 2.24) is 5.32 Å². The van der Waals surface area contributed by atoms with Crippen LogP contribution >= 0.6 is 11.8 Å². The second-order valence-corrected chi connectivity index (χ2v) is 7.52. The third kappa shape index (κ3) is 4.66. The number of hydrogen-bond acceptors (Lipinski definition) is 4. The van der Waals surface area contributed by atoms with E-state index in [1.54, 1.807) is 18.0 Å². The summed E-state index contributed by atoms with van der Waals surface area (Å²) in [5.74, 6) is 0.744. The van der Waals surface area contributed by atoms with Crippen molar-refractivity contribution in [2.75, 3.05) is 18.6 Å². The summed E-state index contributed by atoms with van der Waals surface area (Å²) in [5, 5.41) is 4.86. The summed E-state index contributed by atoms with van der Waals surface area (Å²) in [5.41, 5.74) is 1.33. The molecule has 1 N–H and O–H groups in total. The van der Waals surface area contributed by atoms with Crippen molar-refractivity contribution >= 4 is 27.7 Å². The first kappa shape index (κ1) is 14.6. The number of hydrogen-bond donors (Lipinski definition) is 1. The van der Waals surface area contributed by atoms with Crippen LogP contribution in [0.15, 0.2) is 35.3 Å². The highest BCUT2D eigenvalue weighted by atomic mass is 32.2. The molecule has 1 heterocycles. The fraction of sp³-hybridized carbons (Fsp3) is 0.500. The van der Waals surface area contributed by atoms with Gasteiger partial charge in [-0.2, -0.15) is 0 Å². The number of nitrogens with one attached hydrogen (secondary N) is 1. The molecule has 3 nitrogen and oxygen atoms in total. The SMILES string of the molecule is CC(CCS(C)=O)NC1=NCC(c2ccccc2)S1. The van der Waals surface area contributed by atoms with E-state index in [1.165, 1.54) is 5.56 Å². The minimum absolute atomic E-state index is 0.324. The summed E-state index contributed by atoms with van der Waals surface area (Å²) >= 11 is 1.79. The summed E-state index contributed by atoms with van der Waals surface area (Å²) in [6.07, 6.45) is 2.67. The zero-order valence-electron chi connectivity index (χ0n) is 11.3. The Morgan fingerprint density at radius 3 is 2.89 bits per heavy atom. The molecule has 0 aliphatic carbocycles. The topological polar surface area (TPSA) is 41.5 Å². The molecule has 0 aromatic heterocycles. The third-order valence-electron chi connectivity index (χ3n) is 3.03. The lowest BCUT2D eigenvalue weighted by molar-refractivity contribution is 0.638. The molecular formula is C14H20N2OS2. The van der Waals surface area contributed by atoms with Crippen LogP contribution < -0.4 is 5.32 Å². The summed E-state index contributed by atoms with van der Waals surface area (Å²) < 4.78 is 11.1. The van der Waals surface area contributed by atoms with Crippen LogP contribution in [0.5, 0.6) is 0 Å². The average Bonchev–Trinajstić information content (AvgIpc) is 2.86. The number of nitrogens with zero attached hydrogens (tertiary/aromatic N) is 1. The van der Waals surface area contributed by atoms with Crippen molar-refractivity contribution < 1.29 is 4.21 Å². The molecule has 0 bridgehead atoms. The van der Waals surface area contributed by atoms with E-state index in [2.05, 4.69) is 41.5 Å². The fourth-order valence-electron chi connectivity index (χ4n) is 1.92. The van der Waals surface area contributed by atoms with Gasteiger partial charge in [-0.25, -0.2) is 0 Å². The van der Waals surface area contributed by atoms with Crippen molar-refractivity contribution in [1.29, 1.82) is 0 Å². The number of amidine groups is 1. The Bertz CT molecular complexity index is 462. The van der Waals surface area contributed by atoms with Crippen LogP contribution in [0.2, 0.25) is 0 Å². The summed E-state index contributed by atoms with van der Waals surface area (Å²) in [4.78, 5) is 4.55. The molecule has 1 aliphatic rings. The van der Waals surface area contributed by atoms with Crippen molar-refractivity contribution in [3.05, 3.63) is 35.9 Å². The highest BCUT2D eigenvalue weighted by Crippen LogP contribution is 2.34. The lowest BCUT2D eigenvalue weighted by Gasteiger charge is -2.14. The molecule has 0 fully saturated rings. The Morgan fingerprint density at radius 2 is 2.21 bits per heavy atom. The molecule has 3 unspecified atom stereocenters. The smallest absolute Gasteiger partial charge is 0.157 e. The quantitative estimate of drug-likeness (QED) is 0.908. The summed E-state index contributed by atoms with van der Waals surface area (Å²) in [6.45, 7) is 2.95. The average molecular weight is 296 g/mol. The van der Waals surface area contributed by atoms with Gasteiger partial charge in [0, 0.05) is 28.9 Å². The van der Waals surface area contributed by atoms with Crippen molar-refractivity contribution in [3.63, 3.8) is 0 Å². The third-order valence-corrected chi connectivity index (χ3v) is 5.02. The first-order chi connectivity index (χ1) is 9.15. The van der Waals surface area contributed by atoms with Crippen LogP contribution in [-0.4, -0.2) is 34.0 Å². The van der Waals surface area contributed by atoms with Gasteiger partial charge < -0.3 is 5.32 Å². The first-order valence-corrected chi connectivity index (χ1v) is 9.08. The van der Waals surface area contributed by atoms with Gasteiger partial charge in [-0.15, -0.1) is 0 Å². The van der Waals surface area contributed by atoms with Crippen LogP contribution in [-0.2, 0) is 10.8 Å². The standard InChI is InChI=1S/C14H20N2OS2/c1-11(8-9-19(2)17)16-14-15-10-13(18-14)12-6-4-3-5-7-12/h3-7,11,13H,8-10H2,1-2H3,(H,15,16). The number of rotatable bonds is 5. The Morgan fingerprint density at radius 1 is 1.47 bits per heavy atom. The molecule has 0 spiro atoms. The van der Waals surface area contributed by atoms with E-state index in [4.69, 9.17) is 0 Å². The zero-order chi connectivity index (χ0) is 13.7. The summed E-state index contributed by atoms with van der Waals surface area (Å²) in [6, 6.07) is 10.8. The van der Waals surface area contributed by atoms with E-state index < -0.39 is 10.8 Å². The first-order valence-electron chi connectivity index (χ1n) is 6.48. The highest BCUT2D eigenvalue weighted by molar-refractivity contribution is 8.14. The number of benzene rings is 1. The lowest BCUT2D eigenvalue weighted by atomic mass is 10.1. The Kier molecular flexibility index (Phi) is 5.45. The van der Waals surface area contributed by atoms with E-state index in [9.17, 15) is 4.21 Å². The second kappa shape index (κ2) is 7.10. The molecule has 1 aromatic carbocycles. The molecule has 3 atom stereocenters. The Balaban J connectivity index is 1.80. The van der Waals surface area contributed by atoms with Gasteiger partial charge in [0.05, 0.1) is 11.8 Å². The fourth-order valence-corrected chi connectivity index (χ4v) is 3.74. The molecule has 2 rings (SSSR count). The van der Waals surface area contributed by atoms with Gasteiger partial charge in [0.15, 0.2) is 5.17 Å². The van der Waals surface area contributed by atoms with E-state index in [1.807, 2.05) is 6.07 Å². The summed E-state index contributed by atoms with van der Waals surface area (Å²) in [7, 11) is -0.713. The van der Waals surface area contributed by atoms with Crippen LogP contribution in [0.3, 0.4) is 0 Å². The minimum atomic E-state index is -0.713. The van der Waals surface area contributed by atoms with Crippen LogP contribution in [0, 0.1) is 0 Å². The molecular weight excluding hydrogens is 276 g/mol. The predicted molar refractivity (Wildman–Crippen MR) is 85.2 cm³/mol. The van der Waals surface area contributed by atoms with Gasteiger partial charge in [-0.1, -0.05) is 42.1 Å². The van der Waals surface area contributed by atoms with E-state index in [0.29, 0.717) is 11.3 Å². The van der Waals surface area contributed by atoms with Gasteiger partial charge in [0.1, 0.15) is 0 Å². The maximum atomic E-state index is 11.1. The maximum Gasteiger partial charge on any atom is 0.157 e. The highest BCUT2D eigenvalue weighted by Gasteiger charge is 2.21. The van der Waals surface area contributed by atoms with E-state index >= 15 is 0 Å². The number of thioether (sulfide) groups is 1. The van der Waals surface area contributed by atoms with Crippen molar-refractivity contribution in [3.8, 4) is 0 Å². The van der Waals surface area contributed by atoms with Gasteiger partial charge >= 0.3 is 0 Å². The monoisotopic (exact) mass is 296 g/mol. The molecule has 19 heavy (non-hydrogen) atoms. The van der Waals surface area contributed by atoms with Gasteiger partial charge in [0.25, 0.3) is 0 Å². The lowest BCUT2D eigenvalue weighted by Crippen LogP contribution is -2.30. The largest absolute Gasteiger partial charge is 0.362 e. The van der Waals surface area contributed by atoms with E-state index in [0.717, 1.165) is 23.9 Å². The molecule has 104 valence electrons. The molecule has 5 heteroatoms. The van der Waals surface area contributed by atoms with Gasteiger partial charge in [-0.05, 0) is 18.9 Å². The van der Waals surface area contributed by atoms with Gasteiger partial charge in [-0.3, -0.25) is 9.20 Å². The van der Waals surface area contributed by atoms with Crippen molar-refractivity contribution in [2.45, 2.75) is 24.6 Å². The predicted octanol–water partition coefficient (Wildman–Crippen LogP) is 2.58. The molecule has 1 aromatic rings. The van der Waals surface area contributed by atoms with Gasteiger partial charge in [0.2, 0.25) is 0 Å². The number of aliphatic imine (C=N–C) groups is 1. The molecule has 0 radical (unpaired) electrons. The van der Waals surface area contributed by atoms with Crippen LogP contribution in [0.25, 0.3) is 0 Å². The van der Waals surface area contributed by atoms with Crippen LogP contribution in [0.4, 0.5) is 0 Å². The van der Waals surface area contributed by atoms with Crippen molar-refractivity contribution in [2.24, 2.45) is 4.99 Å². The van der Waals surface area contributed by atoms with E-state index in [-0.39, 0.29) is 0 Å². The maximum absolute atomic E-state index is 11.1. The Labute approximate surface area is 121 Å². The molecule has 0 saturated carbocycles. The normalized spacial score (nSPS) is 21.8. The Hall–Kier alpha value is -0.810. The van der Waals surface area contributed by atoms with Crippen LogP contribution in [0.1, 0.15) is 24.2 Å². The zero-order valence-corrected chi connectivity index (χ0v) is 13.0.